The molecule has 0 heterocycles. The van der Waals surface area contributed by atoms with Gasteiger partial charge in [-0.15, -0.1) is 4.99 Å². The van der Waals surface area contributed by atoms with Gasteiger partial charge in [-0.1, -0.05) is 12.1 Å². The molecule has 0 aliphatic heterocycles. The fraction of sp³-hybridized carbons (Fsp3) is 0.200. The number of carbonyl (C=O) groups is 1. The van der Waals surface area contributed by atoms with Crippen LogP contribution in [0.1, 0.15) is 5.56 Å². The van der Waals surface area contributed by atoms with Gasteiger partial charge in [0.15, 0.2) is 0 Å². The van der Waals surface area contributed by atoms with Gasteiger partial charge in [-0.2, -0.15) is 0 Å². The Kier molecular flexibility index (Phi) is 3.74. The van der Waals surface area contributed by atoms with Gasteiger partial charge in [0.1, 0.15) is 11.9 Å². The second-order valence-electron chi connectivity index (χ2n) is 2.95. The van der Waals surface area contributed by atoms with Crippen molar-refractivity contribution in [1.82, 2.24) is 0 Å². The number of aromatic hydroxyl groups is 1. The largest absolute Gasteiger partial charge is 0.508 e. The second kappa shape index (κ2) is 5.05. The molecule has 5 nitrogen and oxygen atoms in total. The number of aliphatic imine (C=N–C) groups is 1. The number of hydrogen-bond donors (Lipinski definition) is 3. The van der Waals surface area contributed by atoms with Gasteiger partial charge in [0.05, 0.1) is 6.01 Å². The van der Waals surface area contributed by atoms with Crippen molar-refractivity contribution in [1.29, 1.82) is 5.41 Å². The van der Waals surface area contributed by atoms with Gasteiger partial charge in [-0.25, -0.2) is 5.41 Å². The molecule has 0 unspecified atom stereocenters. The molecule has 1 aromatic carbocycles. The molecule has 3 N–H and O–H groups in total. The molecule has 0 aliphatic carbocycles. The molecule has 1 amide bonds. The number of amides is 1. The maximum absolute atomic E-state index is 11.0. The van der Waals surface area contributed by atoms with E-state index in [0.29, 0.717) is 5.56 Å². The van der Waals surface area contributed by atoms with Crippen LogP contribution in [0.5, 0.6) is 5.75 Å². The minimum Gasteiger partial charge on any atom is -0.508 e. The molecule has 1 aromatic rings. The molecule has 0 saturated carbocycles. The summed E-state index contributed by atoms with van der Waals surface area (Å²) in [5.41, 5.74) is 0.703. The Hall–Kier alpha value is -1.97. The fourth-order valence-corrected chi connectivity index (χ4v) is 1.07. The van der Waals surface area contributed by atoms with Gasteiger partial charge in [0.25, 0.3) is 5.91 Å². The molecule has 0 radical (unpaired) electrons. The third-order valence-corrected chi connectivity index (χ3v) is 1.82. The number of aliphatic hydroxyl groups excluding tert-OH is 1. The van der Waals surface area contributed by atoms with Crippen molar-refractivity contribution in [2.75, 3.05) is 0 Å². The zero-order chi connectivity index (χ0) is 11.3. The number of nitrogens with zero attached hydrogens (tertiary/aromatic N) is 1. The van der Waals surface area contributed by atoms with Gasteiger partial charge < -0.3 is 10.2 Å². The number of carbonyl (C=O) groups excluding carboxylic acids is 1. The molecular weight excluding hydrogens is 196 g/mol. The number of hydrogen-bond acceptors (Lipinski definition) is 4. The monoisotopic (exact) mass is 206 g/mol. The van der Waals surface area contributed by atoms with E-state index in [4.69, 9.17) is 10.5 Å². The third kappa shape index (κ3) is 3.34. The number of benzene rings is 1. The minimum absolute atomic E-state index is 0.101. The lowest BCUT2D eigenvalue weighted by Crippen LogP contribution is -2.20. The highest BCUT2D eigenvalue weighted by molar-refractivity contribution is 5.85. The van der Waals surface area contributed by atoms with Crippen molar-refractivity contribution in [3.05, 3.63) is 29.8 Å². The van der Waals surface area contributed by atoms with Crippen LogP contribution in [0.3, 0.4) is 0 Å². The summed E-state index contributed by atoms with van der Waals surface area (Å²) >= 11 is 0. The fourth-order valence-electron chi connectivity index (χ4n) is 1.07. The summed E-state index contributed by atoms with van der Waals surface area (Å²) in [7, 11) is 0. The van der Waals surface area contributed by atoms with Gasteiger partial charge in [-0.05, 0) is 17.7 Å². The van der Waals surface area contributed by atoms with E-state index >= 15 is 0 Å². The van der Waals surface area contributed by atoms with Gasteiger partial charge in [0.2, 0.25) is 0 Å². The average molecular weight is 206 g/mol. The molecular formula is C10H10N2O3. The zero-order valence-corrected chi connectivity index (χ0v) is 7.84. The molecule has 0 bridgehead atoms. The van der Waals surface area contributed by atoms with Crippen molar-refractivity contribution in [2.24, 2.45) is 4.99 Å². The van der Waals surface area contributed by atoms with E-state index in [-0.39, 0.29) is 12.2 Å². The number of phenolic OH excluding ortho intramolecular Hbond substituents is 1. The molecule has 15 heavy (non-hydrogen) atoms. The standard InChI is InChI=1S/C10H10N2O3/c11-6-12-10(15)9(14)5-7-1-3-8(13)4-2-7/h1-4,9,11,13-14H,5H2/t9-/m1/s1. The maximum atomic E-state index is 11.0. The first-order valence-corrected chi connectivity index (χ1v) is 4.25. The highest BCUT2D eigenvalue weighted by Gasteiger charge is 2.14. The van der Waals surface area contributed by atoms with E-state index in [1.165, 1.54) is 12.1 Å². The van der Waals surface area contributed by atoms with Crippen LogP contribution in [0.15, 0.2) is 29.3 Å². The molecule has 78 valence electrons. The summed E-state index contributed by atoms with van der Waals surface area (Å²) in [6.45, 7) is 0. The SMILES string of the molecule is N=C=NC(=O)[C@H](O)Cc1ccc(O)cc1. The Morgan fingerprint density at radius 2 is 2.07 bits per heavy atom. The number of rotatable bonds is 3. The predicted molar refractivity (Wildman–Crippen MR) is 53.0 cm³/mol. The molecule has 0 spiro atoms. The molecule has 0 aromatic heterocycles. The minimum atomic E-state index is -1.27. The van der Waals surface area contributed by atoms with Crippen molar-refractivity contribution in [2.45, 2.75) is 12.5 Å². The summed E-state index contributed by atoms with van der Waals surface area (Å²) in [6.07, 6.45) is -1.17. The molecule has 0 aliphatic rings. The Morgan fingerprint density at radius 3 is 2.60 bits per heavy atom. The number of aliphatic hydroxyl groups is 1. The Balaban J connectivity index is 2.65. The lowest BCUT2D eigenvalue weighted by atomic mass is 10.1. The first kappa shape index (κ1) is 11.1. The summed E-state index contributed by atoms with van der Waals surface area (Å²) < 4.78 is 0. The van der Waals surface area contributed by atoms with Crippen LogP contribution >= 0.6 is 0 Å². The van der Waals surface area contributed by atoms with Gasteiger partial charge >= 0.3 is 0 Å². The van der Waals surface area contributed by atoms with Crippen LogP contribution in [0.25, 0.3) is 0 Å². The van der Waals surface area contributed by atoms with Crippen LogP contribution < -0.4 is 0 Å². The quantitative estimate of drug-likeness (QED) is 0.631. The van der Waals surface area contributed by atoms with E-state index in [1.807, 2.05) is 0 Å². The highest BCUT2D eigenvalue weighted by atomic mass is 16.3. The molecule has 0 fully saturated rings. The molecule has 1 atom stereocenters. The smallest absolute Gasteiger partial charge is 0.284 e. The van der Waals surface area contributed by atoms with E-state index in [2.05, 4.69) is 4.99 Å². The van der Waals surface area contributed by atoms with E-state index in [9.17, 15) is 9.90 Å². The van der Waals surface area contributed by atoms with Crippen molar-refractivity contribution < 1.29 is 15.0 Å². The summed E-state index contributed by atoms with van der Waals surface area (Å²) in [5.74, 6) is -0.671. The van der Waals surface area contributed by atoms with Crippen LogP contribution in [-0.2, 0) is 11.2 Å². The number of phenols is 1. The summed E-state index contributed by atoms with van der Waals surface area (Å²) in [6, 6.07) is 7.69. The second-order valence-corrected chi connectivity index (χ2v) is 2.95. The average Bonchev–Trinajstić information content (AvgIpc) is 2.22. The lowest BCUT2D eigenvalue weighted by Gasteiger charge is -2.05. The van der Waals surface area contributed by atoms with Crippen molar-refractivity contribution in [3.8, 4) is 5.75 Å². The van der Waals surface area contributed by atoms with Gasteiger partial charge in [0, 0.05) is 6.42 Å². The van der Waals surface area contributed by atoms with Crippen LogP contribution in [0.2, 0.25) is 0 Å². The summed E-state index contributed by atoms with van der Waals surface area (Å²) in [5, 5.41) is 24.8. The predicted octanol–water partition coefficient (Wildman–Crippen LogP) is 0.575. The van der Waals surface area contributed by atoms with Gasteiger partial charge in [-0.3, -0.25) is 4.79 Å². The normalized spacial score (nSPS) is 11.5. The lowest BCUT2D eigenvalue weighted by molar-refractivity contribution is -0.125. The number of nitrogens with one attached hydrogen (secondary N) is 1. The third-order valence-electron chi connectivity index (χ3n) is 1.82. The molecule has 1 rings (SSSR count). The van der Waals surface area contributed by atoms with Crippen LogP contribution in [0.4, 0.5) is 0 Å². The Morgan fingerprint density at radius 1 is 1.47 bits per heavy atom. The van der Waals surface area contributed by atoms with E-state index < -0.39 is 12.0 Å². The zero-order valence-electron chi connectivity index (χ0n) is 7.84. The molecule has 0 saturated heterocycles. The summed E-state index contributed by atoms with van der Waals surface area (Å²) in [4.78, 5) is 14.0. The van der Waals surface area contributed by atoms with E-state index in [1.54, 1.807) is 18.1 Å². The maximum Gasteiger partial charge on any atom is 0.284 e. The topological polar surface area (TPSA) is 93.7 Å². The van der Waals surface area contributed by atoms with Crippen molar-refractivity contribution in [3.63, 3.8) is 0 Å². The van der Waals surface area contributed by atoms with Crippen LogP contribution in [0, 0.1) is 5.41 Å². The highest BCUT2D eigenvalue weighted by Crippen LogP contribution is 2.11. The Labute approximate surface area is 86.2 Å². The Bertz CT molecular complexity index is 394. The molecule has 5 heteroatoms. The van der Waals surface area contributed by atoms with E-state index in [0.717, 1.165) is 0 Å². The van der Waals surface area contributed by atoms with Crippen LogP contribution in [-0.4, -0.2) is 28.2 Å². The van der Waals surface area contributed by atoms with Crippen molar-refractivity contribution >= 4 is 11.9 Å². The first-order chi connectivity index (χ1) is 7.13. The first-order valence-electron chi connectivity index (χ1n) is 4.25.